The second kappa shape index (κ2) is 5.14. The molecule has 0 unspecified atom stereocenters. The monoisotopic (exact) mass is 228 g/mol. The molecule has 0 aromatic carbocycles. The highest BCUT2D eigenvalue weighted by atomic mass is 35.5. The van der Waals surface area contributed by atoms with Crippen molar-refractivity contribution in [3.8, 4) is 0 Å². The minimum absolute atomic E-state index is 0. The average Bonchev–Trinajstić information content (AvgIpc) is 2.03. The summed E-state index contributed by atoms with van der Waals surface area (Å²) >= 11 is 0. The Morgan fingerprint density at radius 2 is 1.85 bits per heavy atom. The smallest absolute Gasteiger partial charge is 0.212 e. The molecule has 0 atom stereocenters. The molecule has 4 nitrogen and oxygen atoms in total. The predicted octanol–water partition coefficient (Wildman–Crippen LogP) is 0.181. The summed E-state index contributed by atoms with van der Waals surface area (Å²) in [6.45, 7) is 4.80. The van der Waals surface area contributed by atoms with E-state index < -0.39 is 10.0 Å². The maximum atomic E-state index is 10.9. The van der Waals surface area contributed by atoms with Crippen LogP contribution in [0.4, 0.5) is 0 Å². The lowest BCUT2D eigenvalue weighted by atomic mass is 10.1. The highest BCUT2D eigenvalue weighted by molar-refractivity contribution is 7.89. The number of hydrogen-bond donors (Lipinski definition) is 1. The summed E-state index contributed by atoms with van der Waals surface area (Å²) < 4.78 is 21.9. The molecule has 0 spiro atoms. The Hall–Kier alpha value is 0.160. The SMILES string of the molecule is CCN1CCC(S(N)(=O)=O)CC1.Cl. The zero-order chi connectivity index (χ0) is 9.19. The largest absolute Gasteiger partial charge is 0.304 e. The van der Waals surface area contributed by atoms with Gasteiger partial charge >= 0.3 is 0 Å². The molecule has 6 heteroatoms. The standard InChI is InChI=1S/C7H16N2O2S.ClH/c1-2-9-5-3-7(4-6-9)12(8,10)11;/h7H,2-6H2,1H3,(H2,8,10,11);1H. The summed E-state index contributed by atoms with van der Waals surface area (Å²) in [6.07, 6.45) is 1.37. The van der Waals surface area contributed by atoms with Crippen molar-refractivity contribution < 1.29 is 8.42 Å². The van der Waals surface area contributed by atoms with Gasteiger partial charge in [0.15, 0.2) is 0 Å². The van der Waals surface area contributed by atoms with Gasteiger partial charge in [-0.1, -0.05) is 6.92 Å². The molecular weight excluding hydrogens is 212 g/mol. The number of hydrogen-bond acceptors (Lipinski definition) is 3. The Morgan fingerprint density at radius 3 is 2.15 bits per heavy atom. The van der Waals surface area contributed by atoms with E-state index >= 15 is 0 Å². The van der Waals surface area contributed by atoms with Gasteiger partial charge < -0.3 is 4.90 Å². The molecule has 0 bridgehead atoms. The van der Waals surface area contributed by atoms with Crippen molar-refractivity contribution in [3.63, 3.8) is 0 Å². The third kappa shape index (κ3) is 3.81. The van der Waals surface area contributed by atoms with Gasteiger partial charge in [0.2, 0.25) is 10.0 Å². The van der Waals surface area contributed by atoms with Crippen LogP contribution in [-0.2, 0) is 10.0 Å². The fraction of sp³-hybridized carbons (Fsp3) is 1.00. The number of nitrogens with zero attached hydrogens (tertiary/aromatic N) is 1. The predicted molar refractivity (Wildman–Crippen MR) is 55.5 cm³/mol. The summed E-state index contributed by atoms with van der Waals surface area (Å²) in [5.74, 6) is 0. The van der Waals surface area contributed by atoms with Gasteiger partial charge in [-0.2, -0.15) is 0 Å². The lowest BCUT2D eigenvalue weighted by Crippen LogP contribution is -2.41. The molecular formula is C7H17ClN2O2S. The minimum Gasteiger partial charge on any atom is -0.304 e. The van der Waals surface area contributed by atoms with Crippen LogP contribution in [0.1, 0.15) is 19.8 Å². The average molecular weight is 229 g/mol. The van der Waals surface area contributed by atoms with Crippen LogP contribution in [0.3, 0.4) is 0 Å². The molecule has 80 valence electrons. The lowest BCUT2D eigenvalue weighted by Gasteiger charge is -2.29. The minimum atomic E-state index is -3.28. The number of halogens is 1. The molecule has 0 amide bonds. The Labute approximate surface area is 85.9 Å². The van der Waals surface area contributed by atoms with E-state index in [-0.39, 0.29) is 17.7 Å². The van der Waals surface area contributed by atoms with Crippen LogP contribution in [0.2, 0.25) is 0 Å². The van der Waals surface area contributed by atoms with Crippen molar-refractivity contribution in [1.82, 2.24) is 4.90 Å². The van der Waals surface area contributed by atoms with Crippen LogP contribution in [0.5, 0.6) is 0 Å². The van der Waals surface area contributed by atoms with Crippen molar-refractivity contribution >= 4 is 22.4 Å². The van der Waals surface area contributed by atoms with Crippen LogP contribution in [0, 0.1) is 0 Å². The molecule has 0 aliphatic carbocycles. The van der Waals surface area contributed by atoms with Crippen LogP contribution in [0.15, 0.2) is 0 Å². The van der Waals surface area contributed by atoms with Crippen molar-refractivity contribution in [2.75, 3.05) is 19.6 Å². The Kier molecular flexibility index (Phi) is 5.21. The number of piperidine rings is 1. The van der Waals surface area contributed by atoms with Gasteiger partial charge in [0.1, 0.15) is 0 Å². The fourth-order valence-corrected chi connectivity index (χ4v) is 2.42. The number of likely N-dealkylation sites (tertiary alicyclic amines) is 1. The second-order valence-electron chi connectivity index (χ2n) is 3.22. The zero-order valence-corrected chi connectivity index (χ0v) is 9.40. The van der Waals surface area contributed by atoms with Gasteiger partial charge in [-0.25, -0.2) is 13.6 Å². The van der Waals surface area contributed by atoms with Gasteiger partial charge in [-0.3, -0.25) is 0 Å². The highest BCUT2D eigenvalue weighted by Gasteiger charge is 2.26. The van der Waals surface area contributed by atoms with E-state index in [1.807, 2.05) is 0 Å². The van der Waals surface area contributed by atoms with E-state index in [1.165, 1.54) is 0 Å². The first-order valence-corrected chi connectivity index (χ1v) is 5.89. The molecule has 2 N–H and O–H groups in total. The fourth-order valence-electron chi connectivity index (χ4n) is 1.55. The number of sulfonamides is 1. The van der Waals surface area contributed by atoms with Crippen LogP contribution in [0.25, 0.3) is 0 Å². The van der Waals surface area contributed by atoms with Crippen LogP contribution >= 0.6 is 12.4 Å². The summed E-state index contributed by atoms with van der Waals surface area (Å²) in [6, 6.07) is 0. The number of rotatable bonds is 2. The highest BCUT2D eigenvalue weighted by Crippen LogP contribution is 2.14. The maximum Gasteiger partial charge on any atom is 0.212 e. The van der Waals surface area contributed by atoms with E-state index in [0.717, 1.165) is 19.6 Å². The lowest BCUT2D eigenvalue weighted by molar-refractivity contribution is 0.241. The van der Waals surface area contributed by atoms with Gasteiger partial charge in [-0.15, -0.1) is 12.4 Å². The van der Waals surface area contributed by atoms with Crippen molar-refractivity contribution in [1.29, 1.82) is 0 Å². The van der Waals surface area contributed by atoms with Gasteiger partial charge in [-0.05, 0) is 32.5 Å². The van der Waals surface area contributed by atoms with E-state index in [4.69, 9.17) is 5.14 Å². The number of primary sulfonamides is 1. The van der Waals surface area contributed by atoms with Gasteiger partial charge in [0.05, 0.1) is 5.25 Å². The van der Waals surface area contributed by atoms with Crippen LogP contribution < -0.4 is 5.14 Å². The molecule has 0 aromatic rings. The first-order chi connectivity index (χ1) is 5.54. The summed E-state index contributed by atoms with van der Waals surface area (Å²) in [4.78, 5) is 2.24. The summed E-state index contributed by atoms with van der Waals surface area (Å²) in [5.41, 5.74) is 0. The first-order valence-electron chi connectivity index (χ1n) is 4.28. The van der Waals surface area contributed by atoms with Crippen molar-refractivity contribution in [2.45, 2.75) is 25.0 Å². The normalized spacial score (nSPS) is 21.1. The van der Waals surface area contributed by atoms with Crippen molar-refractivity contribution in [3.05, 3.63) is 0 Å². The van der Waals surface area contributed by atoms with Gasteiger partial charge in [0.25, 0.3) is 0 Å². The van der Waals surface area contributed by atoms with Gasteiger partial charge in [0, 0.05) is 0 Å². The van der Waals surface area contributed by atoms with E-state index in [1.54, 1.807) is 0 Å². The zero-order valence-electron chi connectivity index (χ0n) is 7.77. The molecule has 1 aliphatic rings. The third-order valence-corrected chi connectivity index (χ3v) is 3.85. The Morgan fingerprint density at radius 1 is 1.38 bits per heavy atom. The van der Waals surface area contributed by atoms with E-state index in [9.17, 15) is 8.42 Å². The molecule has 1 aliphatic heterocycles. The maximum absolute atomic E-state index is 10.9. The molecule has 0 aromatic heterocycles. The molecule has 13 heavy (non-hydrogen) atoms. The molecule has 1 saturated heterocycles. The third-order valence-electron chi connectivity index (χ3n) is 2.45. The number of nitrogens with two attached hydrogens (primary N) is 1. The second-order valence-corrected chi connectivity index (χ2v) is 5.07. The quantitative estimate of drug-likeness (QED) is 0.734. The van der Waals surface area contributed by atoms with E-state index in [0.29, 0.717) is 12.8 Å². The first kappa shape index (κ1) is 13.2. The topological polar surface area (TPSA) is 63.4 Å². The van der Waals surface area contributed by atoms with E-state index in [2.05, 4.69) is 11.8 Å². The molecule has 0 saturated carbocycles. The summed E-state index contributed by atoms with van der Waals surface area (Å²) in [5, 5.41) is 4.75. The van der Waals surface area contributed by atoms with Crippen molar-refractivity contribution in [2.24, 2.45) is 5.14 Å². The molecule has 1 heterocycles. The Balaban J connectivity index is 0.00000144. The van der Waals surface area contributed by atoms with Crippen LogP contribution in [-0.4, -0.2) is 38.2 Å². The molecule has 1 rings (SSSR count). The Bertz CT molecular complexity index is 235. The summed E-state index contributed by atoms with van der Waals surface area (Å²) in [7, 11) is -3.28. The molecule has 0 radical (unpaired) electrons. The molecule has 1 fully saturated rings.